The topological polar surface area (TPSA) is 93.4 Å². The highest BCUT2D eigenvalue weighted by Gasteiger charge is 2.31. The van der Waals surface area contributed by atoms with E-state index in [0.717, 1.165) is 0 Å². The van der Waals surface area contributed by atoms with Gasteiger partial charge in [0.25, 0.3) is 0 Å². The van der Waals surface area contributed by atoms with E-state index in [1.807, 2.05) is 0 Å². The summed E-state index contributed by atoms with van der Waals surface area (Å²) in [5.74, 6) is -0.403. The molecule has 1 aromatic carbocycles. The predicted octanol–water partition coefficient (Wildman–Crippen LogP) is 3.16. The molecule has 0 bridgehead atoms. The molecule has 4 N–H and O–H groups in total. The molecule has 1 aromatic rings. The summed E-state index contributed by atoms with van der Waals surface area (Å²) in [6, 6.07) is 4.75. The van der Waals surface area contributed by atoms with Crippen LogP contribution in [0.15, 0.2) is 18.2 Å². The van der Waals surface area contributed by atoms with Crippen LogP contribution >= 0.6 is 11.6 Å². The number of ether oxygens (including phenoxy) is 1. The number of benzene rings is 1. The molecule has 0 saturated carbocycles. The molecule has 0 aliphatic rings. The Labute approximate surface area is 135 Å². The molecule has 6 nitrogen and oxygen atoms in total. The second-order valence-electron chi connectivity index (χ2n) is 6.44. The minimum Gasteiger partial charge on any atom is -0.444 e. The first kappa shape index (κ1) is 18.1. The Bertz CT molecular complexity index is 580. The maximum Gasteiger partial charge on any atom is 0.408 e. The summed E-state index contributed by atoms with van der Waals surface area (Å²) >= 11 is 5.83. The zero-order valence-corrected chi connectivity index (χ0v) is 14.2. The zero-order valence-electron chi connectivity index (χ0n) is 13.4. The van der Waals surface area contributed by atoms with Crippen molar-refractivity contribution in [2.45, 2.75) is 45.8 Å². The predicted molar refractivity (Wildman–Crippen MR) is 87.9 cm³/mol. The van der Waals surface area contributed by atoms with Gasteiger partial charge in [-0.15, -0.1) is 0 Å². The quantitative estimate of drug-likeness (QED) is 0.743. The normalized spacial score (nSPS) is 11.7. The van der Waals surface area contributed by atoms with Crippen LogP contribution in [-0.4, -0.2) is 23.1 Å². The lowest BCUT2D eigenvalue weighted by Gasteiger charge is -2.27. The van der Waals surface area contributed by atoms with Gasteiger partial charge in [-0.05, 0) is 52.8 Å². The molecule has 0 saturated heterocycles. The van der Waals surface area contributed by atoms with E-state index in [9.17, 15) is 9.59 Å². The fourth-order valence-corrected chi connectivity index (χ4v) is 1.64. The fraction of sp³-hybridized carbons (Fsp3) is 0.467. The zero-order chi connectivity index (χ0) is 17.1. The molecule has 22 heavy (non-hydrogen) atoms. The maximum absolute atomic E-state index is 12.3. The van der Waals surface area contributed by atoms with Crippen LogP contribution in [0.2, 0.25) is 5.02 Å². The fourth-order valence-electron chi connectivity index (χ4n) is 1.52. The molecule has 7 heteroatoms. The maximum atomic E-state index is 12.3. The molecule has 0 heterocycles. The molecule has 122 valence electrons. The van der Waals surface area contributed by atoms with Gasteiger partial charge < -0.3 is 21.1 Å². The number of halogens is 1. The summed E-state index contributed by atoms with van der Waals surface area (Å²) in [4.78, 5) is 24.1. The molecule has 0 aromatic heterocycles. The van der Waals surface area contributed by atoms with E-state index in [1.54, 1.807) is 52.8 Å². The van der Waals surface area contributed by atoms with Crippen LogP contribution in [0.4, 0.5) is 16.2 Å². The summed E-state index contributed by atoms with van der Waals surface area (Å²) in [6.45, 7) is 8.39. The number of amides is 2. The highest BCUT2D eigenvalue weighted by molar-refractivity contribution is 6.33. The number of nitrogen functional groups attached to an aromatic ring is 1. The average molecular weight is 328 g/mol. The Morgan fingerprint density at radius 1 is 1.18 bits per heavy atom. The SMILES string of the molecule is CC(C)(C)OC(=O)NC(C)(C)C(=O)Nc1ccc(Cl)c(N)c1. The van der Waals surface area contributed by atoms with E-state index in [-0.39, 0.29) is 0 Å². The van der Waals surface area contributed by atoms with Gasteiger partial charge in [-0.1, -0.05) is 11.6 Å². The molecule has 1 rings (SSSR count). The van der Waals surface area contributed by atoms with E-state index in [4.69, 9.17) is 22.1 Å². The molecule has 0 radical (unpaired) electrons. The summed E-state index contributed by atoms with van der Waals surface area (Å²) in [5, 5.41) is 5.61. The highest BCUT2D eigenvalue weighted by atomic mass is 35.5. The minimum absolute atomic E-state index is 0.359. The van der Waals surface area contributed by atoms with Gasteiger partial charge in [0.1, 0.15) is 11.1 Å². The van der Waals surface area contributed by atoms with Gasteiger partial charge in [0, 0.05) is 5.69 Å². The molecular formula is C15H22ClN3O3. The van der Waals surface area contributed by atoms with E-state index < -0.39 is 23.1 Å². The molecule has 0 unspecified atom stereocenters. The number of anilines is 2. The largest absolute Gasteiger partial charge is 0.444 e. The first-order chi connectivity index (χ1) is 9.90. The first-order valence-corrected chi connectivity index (χ1v) is 7.16. The van der Waals surface area contributed by atoms with Crippen LogP contribution in [0.5, 0.6) is 0 Å². The van der Waals surface area contributed by atoms with Gasteiger partial charge in [-0.3, -0.25) is 4.79 Å². The number of hydrogen-bond donors (Lipinski definition) is 3. The number of carbonyl (C=O) groups is 2. The Morgan fingerprint density at radius 3 is 2.27 bits per heavy atom. The number of rotatable bonds is 3. The van der Waals surface area contributed by atoms with Crippen molar-refractivity contribution in [1.82, 2.24) is 5.32 Å². The van der Waals surface area contributed by atoms with Crippen molar-refractivity contribution in [2.24, 2.45) is 0 Å². The third kappa shape index (κ3) is 5.44. The number of nitrogens with two attached hydrogens (primary N) is 1. The first-order valence-electron chi connectivity index (χ1n) is 6.78. The molecule has 2 amide bonds. The van der Waals surface area contributed by atoms with Crippen LogP contribution < -0.4 is 16.4 Å². The summed E-state index contributed by atoms with van der Waals surface area (Å²) < 4.78 is 5.14. The standard InChI is InChI=1S/C15H22ClN3O3/c1-14(2,3)22-13(21)19-15(4,5)12(20)18-9-6-7-10(16)11(17)8-9/h6-8H,17H2,1-5H3,(H,18,20)(H,19,21). The summed E-state index contributed by atoms with van der Waals surface area (Å²) in [6.07, 6.45) is -0.664. The van der Waals surface area contributed by atoms with Crippen molar-refractivity contribution in [2.75, 3.05) is 11.1 Å². The molecule has 0 aliphatic carbocycles. The van der Waals surface area contributed by atoms with Crippen molar-refractivity contribution < 1.29 is 14.3 Å². The smallest absolute Gasteiger partial charge is 0.408 e. The van der Waals surface area contributed by atoms with Crippen LogP contribution in [0.25, 0.3) is 0 Å². The van der Waals surface area contributed by atoms with Crippen LogP contribution in [0.3, 0.4) is 0 Å². The lowest BCUT2D eigenvalue weighted by Crippen LogP contribution is -2.53. The molecule has 0 spiro atoms. The van der Waals surface area contributed by atoms with Crippen molar-refractivity contribution in [3.63, 3.8) is 0 Å². The second-order valence-corrected chi connectivity index (χ2v) is 6.85. The van der Waals surface area contributed by atoms with Gasteiger partial charge in [0.15, 0.2) is 0 Å². The van der Waals surface area contributed by atoms with E-state index in [1.165, 1.54) is 0 Å². The van der Waals surface area contributed by atoms with E-state index in [0.29, 0.717) is 16.4 Å². The Kier molecular flexibility index (Phi) is 5.30. The van der Waals surface area contributed by atoms with Crippen LogP contribution in [0, 0.1) is 0 Å². The third-order valence-electron chi connectivity index (χ3n) is 2.63. The summed E-state index contributed by atoms with van der Waals surface area (Å²) in [7, 11) is 0. The summed E-state index contributed by atoms with van der Waals surface area (Å²) in [5.41, 5.74) is 4.74. The monoisotopic (exact) mass is 327 g/mol. The second kappa shape index (κ2) is 6.44. The minimum atomic E-state index is -1.16. The van der Waals surface area contributed by atoms with Crippen molar-refractivity contribution >= 4 is 35.0 Å². The van der Waals surface area contributed by atoms with Gasteiger partial charge in [-0.2, -0.15) is 0 Å². The van der Waals surface area contributed by atoms with Crippen LogP contribution in [-0.2, 0) is 9.53 Å². The Hall–Kier alpha value is -1.95. The van der Waals surface area contributed by atoms with E-state index >= 15 is 0 Å². The molecule has 0 atom stereocenters. The number of carbonyl (C=O) groups excluding carboxylic acids is 2. The van der Waals surface area contributed by atoms with Gasteiger partial charge in [0.2, 0.25) is 5.91 Å². The van der Waals surface area contributed by atoms with Crippen LogP contribution in [0.1, 0.15) is 34.6 Å². The Balaban J connectivity index is 2.73. The molecular weight excluding hydrogens is 306 g/mol. The lowest BCUT2D eigenvalue weighted by atomic mass is 10.0. The average Bonchev–Trinajstić information content (AvgIpc) is 2.30. The van der Waals surface area contributed by atoms with Crippen molar-refractivity contribution in [3.05, 3.63) is 23.2 Å². The van der Waals surface area contributed by atoms with Crippen molar-refractivity contribution in [3.8, 4) is 0 Å². The van der Waals surface area contributed by atoms with Gasteiger partial charge >= 0.3 is 6.09 Å². The molecule has 0 aliphatic heterocycles. The number of alkyl carbamates (subject to hydrolysis) is 1. The Morgan fingerprint density at radius 2 is 1.77 bits per heavy atom. The lowest BCUT2D eigenvalue weighted by molar-refractivity contribution is -0.121. The number of nitrogens with one attached hydrogen (secondary N) is 2. The van der Waals surface area contributed by atoms with E-state index in [2.05, 4.69) is 10.6 Å². The molecule has 0 fully saturated rings. The highest BCUT2D eigenvalue weighted by Crippen LogP contribution is 2.23. The number of hydrogen-bond acceptors (Lipinski definition) is 4. The van der Waals surface area contributed by atoms with Gasteiger partial charge in [0.05, 0.1) is 10.7 Å². The van der Waals surface area contributed by atoms with Gasteiger partial charge in [-0.25, -0.2) is 4.79 Å². The third-order valence-corrected chi connectivity index (χ3v) is 2.98. The van der Waals surface area contributed by atoms with Crippen molar-refractivity contribution in [1.29, 1.82) is 0 Å².